The smallest absolute Gasteiger partial charge is 0.0122 e. The maximum atomic E-state index is 2.25. The topological polar surface area (TPSA) is 0 Å². The van der Waals surface area contributed by atoms with Crippen LogP contribution in [0.15, 0.2) is 34.1 Å². The van der Waals surface area contributed by atoms with Crippen molar-refractivity contribution >= 4 is 23.5 Å². The largest absolute Gasteiger partial charge is 0.120 e. The summed E-state index contributed by atoms with van der Waals surface area (Å²) in [6, 6.07) is 8.90. The molecule has 0 aliphatic rings. The molecule has 0 amide bonds. The van der Waals surface area contributed by atoms with Crippen LogP contribution in [-0.4, -0.2) is 9.49 Å². The molecule has 0 aliphatic heterocycles. The van der Waals surface area contributed by atoms with Gasteiger partial charge in [0.15, 0.2) is 0 Å². The van der Waals surface area contributed by atoms with Crippen molar-refractivity contribution in [3.8, 4) is 0 Å². The first-order valence-electron chi connectivity index (χ1n) is 5.64. The van der Waals surface area contributed by atoms with E-state index in [1.54, 1.807) is 0 Å². The Morgan fingerprint density at radius 3 is 1.06 bits per heavy atom. The molecule has 2 heteroatoms. The van der Waals surface area contributed by atoms with Crippen molar-refractivity contribution in [2.24, 2.45) is 0 Å². The SMILES string of the molecule is CC(C)(C)Sc1ccc(SC(C)(C)C)cc1. The fourth-order valence-corrected chi connectivity index (χ4v) is 3.24. The standard InChI is InChI=1S/C14H22S2/c1-13(2,3)15-11-7-9-12(10-8-11)16-14(4,5)6/h7-10H,1-6H3. The lowest BCUT2D eigenvalue weighted by Crippen LogP contribution is -2.07. The fraction of sp³-hybridized carbons (Fsp3) is 0.571. The van der Waals surface area contributed by atoms with Gasteiger partial charge in [0.1, 0.15) is 0 Å². The lowest BCUT2D eigenvalue weighted by Gasteiger charge is -2.19. The van der Waals surface area contributed by atoms with Gasteiger partial charge < -0.3 is 0 Å². The highest BCUT2D eigenvalue weighted by Crippen LogP contribution is 2.35. The van der Waals surface area contributed by atoms with Gasteiger partial charge in [0.05, 0.1) is 0 Å². The molecule has 0 saturated carbocycles. The predicted molar refractivity (Wildman–Crippen MR) is 77.7 cm³/mol. The minimum atomic E-state index is 0.290. The van der Waals surface area contributed by atoms with Crippen molar-refractivity contribution in [3.63, 3.8) is 0 Å². The normalized spacial score (nSPS) is 12.9. The molecule has 0 saturated heterocycles. The second kappa shape index (κ2) is 5.05. The van der Waals surface area contributed by atoms with E-state index in [2.05, 4.69) is 65.8 Å². The first kappa shape index (κ1) is 14.0. The summed E-state index contributed by atoms with van der Waals surface area (Å²) in [6.45, 7) is 13.5. The maximum absolute atomic E-state index is 2.25. The lowest BCUT2D eigenvalue weighted by molar-refractivity contribution is 0.801. The van der Waals surface area contributed by atoms with Crippen molar-refractivity contribution in [2.75, 3.05) is 0 Å². The Morgan fingerprint density at radius 2 is 0.875 bits per heavy atom. The molecule has 0 aliphatic carbocycles. The van der Waals surface area contributed by atoms with E-state index < -0.39 is 0 Å². The third-order valence-corrected chi connectivity index (χ3v) is 3.91. The molecular weight excluding hydrogens is 232 g/mol. The third kappa shape index (κ3) is 5.86. The van der Waals surface area contributed by atoms with Gasteiger partial charge >= 0.3 is 0 Å². The zero-order chi connectivity index (χ0) is 12.4. The highest BCUT2D eigenvalue weighted by Gasteiger charge is 2.14. The van der Waals surface area contributed by atoms with Crippen LogP contribution < -0.4 is 0 Å². The lowest BCUT2D eigenvalue weighted by atomic mass is 10.3. The van der Waals surface area contributed by atoms with Gasteiger partial charge in [-0.15, -0.1) is 23.5 Å². The molecule has 0 nitrogen and oxygen atoms in total. The zero-order valence-electron chi connectivity index (χ0n) is 11.1. The summed E-state index contributed by atoms with van der Waals surface area (Å²) >= 11 is 3.84. The molecule has 0 aromatic heterocycles. The van der Waals surface area contributed by atoms with E-state index in [4.69, 9.17) is 0 Å². The number of hydrogen-bond acceptors (Lipinski definition) is 2. The van der Waals surface area contributed by atoms with Crippen molar-refractivity contribution in [3.05, 3.63) is 24.3 Å². The monoisotopic (exact) mass is 254 g/mol. The molecule has 1 aromatic rings. The highest BCUT2D eigenvalue weighted by molar-refractivity contribution is 8.01. The van der Waals surface area contributed by atoms with Crippen LogP contribution in [0.3, 0.4) is 0 Å². The Hall–Kier alpha value is -0.0800. The quantitative estimate of drug-likeness (QED) is 0.642. The Morgan fingerprint density at radius 1 is 0.625 bits per heavy atom. The highest BCUT2D eigenvalue weighted by atomic mass is 32.2. The van der Waals surface area contributed by atoms with Gasteiger partial charge in [-0.3, -0.25) is 0 Å². The molecule has 0 bridgehead atoms. The average molecular weight is 254 g/mol. The Balaban J connectivity index is 2.69. The van der Waals surface area contributed by atoms with Gasteiger partial charge in [-0.1, -0.05) is 41.5 Å². The van der Waals surface area contributed by atoms with Gasteiger partial charge in [-0.25, -0.2) is 0 Å². The maximum Gasteiger partial charge on any atom is 0.0122 e. The van der Waals surface area contributed by atoms with Crippen molar-refractivity contribution in [1.82, 2.24) is 0 Å². The molecule has 0 spiro atoms. The second-order valence-corrected chi connectivity index (χ2v) is 9.70. The summed E-state index contributed by atoms with van der Waals surface area (Å²) in [4.78, 5) is 2.71. The summed E-state index contributed by atoms with van der Waals surface area (Å²) in [7, 11) is 0. The van der Waals surface area contributed by atoms with Crippen LogP contribution in [-0.2, 0) is 0 Å². The molecule has 0 N–H and O–H groups in total. The van der Waals surface area contributed by atoms with E-state index >= 15 is 0 Å². The van der Waals surface area contributed by atoms with Gasteiger partial charge in [0.25, 0.3) is 0 Å². The average Bonchev–Trinajstić information content (AvgIpc) is 2.03. The molecular formula is C14H22S2. The minimum absolute atomic E-state index is 0.290. The first-order valence-corrected chi connectivity index (χ1v) is 7.27. The molecule has 1 rings (SSSR count). The number of benzene rings is 1. The van der Waals surface area contributed by atoms with Gasteiger partial charge in [-0.05, 0) is 24.3 Å². The van der Waals surface area contributed by atoms with E-state index in [9.17, 15) is 0 Å². The first-order chi connectivity index (χ1) is 7.16. The molecule has 0 heterocycles. The van der Waals surface area contributed by atoms with Crippen molar-refractivity contribution < 1.29 is 0 Å². The van der Waals surface area contributed by atoms with E-state index in [1.165, 1.54) is 9.79 Å². The number of hydrogen-bond donors (Lipinski definition) is 0. The van der Waals surface area contributed by atoms with Crippen LogP contribution in [0.25, 0.3) is 0 Å². The van der Waals surface area contributed by atoms with Crippen LogP contribution in [0.5, 0.6) is 0 Å². The van der Waals surface area contributed by atoms with Crippen LogP contribution >= 0.6 is 23.5 Å². The number of thioether (sulfide) groups is 2. The summed E-state index contributed by atoms with van der Waals surface area (Å²) in [5.41, 5.74) is 0. The van der Waals surface area contributed by atoms with E-state index in [1.807, 2.05) is 23.5 Å². The van der Waals surface area contributed by atoms with Gasteiger partial charge in [-0.2, -0.15) is 0 Å². The van der Waals surface area contributed by atoms with Crippen LogP contribution in [0.2, 0.25) is 0 Å². The van der Waals surface area contributed by atoms with Gasteiger partial charge in [0, 0.05) is 19.3 Å². The summed E-state index contributed by atoms with van der Waals surface area (Å²) in [5, 5.41) is 0. The summed E-state index contributed by atoms with van der Waals surface area (Å²) in [6.07, 6.45) is 0. The van der Waals surface area contributed by atoms with Crippen LogP contribution in [0.1, 0.15) is 41.5 Å². The molecule has 16 heavy (non-hydrogen) atoms. The molecule has 90 valence electrons. The predicted octanol–water partition coefficient (Wildman–Crippen LogP) is 5.47. The summed E-state index contributed by atoms with van der Waals surface area (Å²) in [5.74, 6) is 0. The van der Waals surface area contributed by atoms with E-state index in [0.717, 1.165) is 0 Å². The second-order valence-electron chi connectivity index (χ2n) is 5.90. The van der Waals surface area contributed by atoms with Crippen LogP contribution in [0.4, 0.5) is 0 Å². The molecule has 0 atom stereocenters. The van der Waals surface area contributed by atoms with Crippen molar-refractivity contribution in [1.29, 1.82) is 0 Å². The zero-order valence-corrected chi connectivity index (χ0v) is 12.8. The third-order valence-electron chi connectivity index (χ3n) is 1.67. The summed E-state index contributed by atoms with van der Waals surface area (Å²) < 4.78 is 0.581. The molecule has 0 fully saturated rings. The Bertz CT molecular complexity index is 290. The minimum Gasteiger partial charge on any atom is -0.120 e. The Kier molecular flexibility index (Phi) is 4.42. The molecule has 0 unspecified atom stereocenters. The van der Waals surface area contributed by atoms with Gasteiger partial charge in [0.2, 0.25) is 0 Å². The molecule has 0 radical (unpaired) electrons. The molecule has 1 aromatic carbocycles. The van der Waals surface area contributed by atoms with Crippen LogP contribution in [0, 0.1) is 0 Å². The Labute approximate surface area is 109 Å². The van der Waals surface area contributed by atoms with E-state index in [-0.39, 0.29) is 0 Å². The van der Waals surface area contributed by atoms with Crippen molar-refractivity contribution in [2.45, 2.75) is 60.8 Å². The number of rotatable bonds is 2. The fourth-order valence-electron chi connectivity index (χ4n) is 1.28. The van der Waals surface area contributed by atoms with E-state index in [0.29, 0.717) is 9.49 Å².